The molecule has 1 heterocycles. The topological polar surface area (TPSA) is 9.23 Å². The van der Waals surface area contributed by atoms with E-state index < -0.39 is 0 Å². The van der Waals surface area contributed by atoms with Gasteiger partial charge in [0.05, 0.1) is 6.61 Å². The van der Waals surface area contributed by atoms with Gasteiger partial charge in [0.15, 0.2) is 0 Å². The lowest BCUT2D eigenvalue weighted by Gasteiger charge is -1.98. The first-order chi connectivity index (χ1) is 2.00. The highest BCUT2D eigenvalue weighted by molar-refractivity contribution is 6.45. The minimum Gasteiger partial charge on any atom is -0.545 e. The molecule has 1 aliphatic heterocycles. The molecule has 0 saturated carbocycles. The van der Waals surface area contributed by atoms with E-state index in [-0.39, 0.29) is 0 Å². The summed E-state index contributed by atoms with van der Waals surface area (Å²) in [5.74, 6) is 0. The Morgan fingerprint density at radius 2 is 2.25 bits per heavy atom. The first kappa shape index (κ1) is 2.14. The zero-order valence-electron chi connectivity index (χ0n) is 2.19. The Bertz CT molecular complexity index is 35.3. The summed E-state index contributed by atoms with van der Waals surface area (Å²) >= 11 is 0. The van der Waals surface area contributed by atoms with Gasteiger partial charge in [-0.1, -0.05) is 0 Å². The molecular weight excluding hydrogens is 68.1 g/mol. The van der Waals surface area contributed by atoms with Crippen LogP contribution in [-0.4, -0.2) is 21.7 Å². The minimum absolute atomic E-state index is 0.696. The standard InChI is InChI=1S/C2H3OSi/c1-2-4-3-1/h2H,1H2. The van der Waals surface area contributed by atoms with Gasteiger partial charge in [0.1, 0.15) is 0 Å². The van der Waals surface area contributed by atoms with Crippen LogP contribution in [0, 0.1) is 0 Å². The van der Waals surface area contributed by atoms with Crippen molar-refractivity contribution in [2.45, 2.75) is 0 Å². The quantitative estimate of drug-likeness (QED) is 0.348. The summed E-state index contributed by atoms with van der Waals surface area (Å²) in [5.41, 5.74) is 2.11. The normalized spacial score (nSPS) is 18.0. The molecule has 0 fully saturated rings. The number of hydrogen-bond acceptors (Lipinski definition) is 1. The van der Waals surface area contributed by atoms with Crippen molar-refractivity contribution in [3.8, 4) is 0 Å². The molecule has 0 aromatic rings. The summed E-state index contributed by atoms with van der Waals surface area (Å²) in [6, 6.07) is 0. The van der Waals surface area contributed by atoms with Crippen molar-refractivity contribution >= 4 is 15.0 Å². The largest absolute Gasteiger partial charge is 0.545 e. The average Bonchev–Trinajstić information content (AvgIpc) is 0.722. The van der Waals surface area contributed by atoms with Crippen LogP contribution in [0.5, 0.6) is 0 Å². The minimum atomic E-state index is 0.696. The molecule has 1 rings (SSSR count). The van der Waals surface area contributed by atoms with E-state index in [4.69, 9.17) is 4.43 Å². The van der Waals surface area contributed by atoms with Gasteiger partial charge < -0.3 is 4.43 Å². The molecule has 0 N–H and O–H groups in total. The van der Waals surface area contributed by atoms with E-state index >= 15 is 0 Å². The van der Waals surface area contributed by atoms with Crippen molar-refractivity contribution in [3.63, 3.8) is 0 Å². The summed E-state index contributed by atoms with van der Waals surface area (Å²) in [5, 5.41) is 0. The van der Waals surface area contributed by atoms with E-state index in [0.717, 1.165) is 6.61 Å². The third kappa shape index (κ3) is 0.0982. The van der Waals surface area contributed by atoms with Crippen LogP contribution < -0.4 is 0 Å². The van der Waals surface area contributed by atoms with Crippen LogP contribution in [0.25, 0.3) is 0 Å². The van der Waals surface area contributed by atoms with Gasteiger partial charge in [0.2, 0.25) is 0 Å². The van der Waals surface area contributed by atoms with Crippen molar-refractivity contribution in [2.24, 2.45) is 0 Å². The maximum atomic E-state index is 4.69. The maximum absolute atomic E-state index is 4.69. The summed E-state index contributed by atoms with van der Waals surface area (Å²) in [4.78, 5) is 0. The highest BCUT2D eigenvalue weighted by Gasteiger charge is 1.82. The van der Waals surface area contributed by atoms with Gasteiger partial charge in [-0.15, -0.1) is 0 Å². The molecule has 1 radical (unpaired) electrons. The Labute approximate surface area is 27.1 Å². The zero-order valence-corrected chi connectivity index (χ0v) is 3.19. The monoisotopic (exact) mass is 71.0 g/mol. The molecule has 2 heteroatoms. The van der Waals surface area contributed by atoms with Gasteiger partial charge in [-0.05, 0) is 5.67 Å². The van der Waals surface area contributed by atoms with Crippen LogP contribution >= 0.6 is 0 Å². The van der Waals surface area contributed by atoms with E-state index in [0.29, 0.717) is 9.38 Å². The van der Waals surface area contributed by atoms with Crippen molar-refractivity contribution < 1.29 is 4.43 Å². The first-order valence-corrected chi connectivity index (χ1v) is 2.18. The fraction of sp³-hybridized carbons (Fsp3) is 0.500. The lowest BCUT2D eigenvalue weighted by atomic mass is 10.9. The number of rotatable bonds is 0. The van der Waals surface area contributed by atoms with Crippen LogP contribution in [0.4, 0.5) is 0 Å². The summed E-state index contributed by atoms with van der Waals surface area (Å²) in [6.07, 6.45) is 0. The lowest BCUT2D eigenvalue weighted by molar-refractivity contribution is 0.398. The molecule has 0 aromatic carbocycles. The van der Waals surface area contributed by atoms with Crippen molar-refractivity contribution in [3.05, 3.63) is 0 Å². The molecule has 0 atom stereocenters. The van der Waals surface area contributed by atoms with Crippen LogP contribution in [-0.2, 0) is 4.43 Å². The third-order valence-electron chi connectivity index (χ3n) is 0.333. The number of hydrogen-bond donors (Lipinski definition) is 0. The second-order valence-corrected chi connectivity index (χ2v) is 1.57. The van der Waals surface area contributed by atoms with Crippen molar-refractivity contribution in [2.75, 3.05) is 6.61 Å². The van der Waals surface area contributed by atoms with Crippen LogP contribution in [0.3, 0.4) is 0 Å². The second-order valence-electron chi connectivity index (χ2n) is 0.633. The van der Waals surface area contributed by atoms with Gasteiger partial charge in [0, 0.05) is 0 Å². The second kappa shape index (κ2) is 0.680. The Hall–Kier alpha value is -0.113. The molecule has 0 aliphatic carbocycles. The molecule has 0 spiro atoms. The van der Waals surface area contributed by atoms with E-state index in [1.54, 1.807) is 0 Å². The third-order valence-corrected chi connectivity index (χ3v) is 1.00. The molecule has 1 aliphatic rings. The van der Waals surface area contributed by atoms with Gasteiger partial charge in [0.25, 0.3) is 9.38 Å². The maximum Gasteiger partial charge on any atom is 0.281 e. The molecule has 0 amide bonds. The molecule has 0 aromatic heterocycles. The molecule has 0 bridgehead atoms. The van der Waals surface area contributed by atoms with Crippen molar-refractivity contribution in [1.29, 1.82) is 0 Å². The van der Waals surface area contributed by atoms with Gasteiger partial charge in [-0.3, -0.25) is 0 Å². The van der Waals surface area contributed by atoms with E-state index in [1.807, 2.05) is 0 Å². The molecule has 0 unspecified atom stereocenters. The molecule has 21 valence electrons. The van der Waals surface area contributed by atoms with Gasteiger partial charge in [-0.2, -0.15) is 0 Å². The summed E-state index contributed by atoms with van der Waals surface area (Å²) in [6.45, 7) is 0.887. The summed E-state index contributed by atoms with van der Waals surface area (Å²) < 4.78 is 4.69. The van der Waals surface area contributed by atoms with E-state index in [9.17, 15) is 0 Å². The highest BCUT2D eigenvalue weighted by atomic mass is 28.2. The zero-order chi connectivity index (χ0) is 2.83. The SMILES string of the molecule is C1=[Si]OC1. The average molecular weight is 71.1 g/mol. The Balaban J connectivity index is 2.47. The summed E-state index contributed by atoms with van der Waals surface area (Å²) in [7, 11) is 0.696. The predicted molar refractivity (Wildman–Crippen MR) is 17.8 cm³/mol. The lowest BCUT2D eigenvalue weighted by Crippen LogP contribution is -2.09. The Kier molecular flexibility index (Phi) is 0.365. The molecule has 0 saturated heterocycles. The van der Waals surface area contributed by atoms with Crippen LogP contribution in [0.2, 0.25) is 0 Å². The fourth-order valence-electron chi connectivity index (χ4n) is 0.0833. The van der Waals surface area contributed by atoms with E-state index in [2.05, 4.69) is 5.67 Å². The van der Waals surface area contributed by atoms with E-state index in [1.165, 1.54) is 0 Å². The Morgan fingerprint density at radius 1 is 2.00 bits per heavy atom. The Morgan fingerprint density at radius 3 is 2.25 bits per heavy atom. The molecular formula is C2H3OSi. The first-order valence-electron chi connectivity index (χ1n) is 1.19. The van der Waals surface area contributed by atoms with Gasteiger partial charge >= 0.3 is 0 Å². The van der Waals surface area contributed by atoms with Gasteiger partial charge in [-0.25, -0.2) is 0 Å². The molecule has 1 nitrogen and oxygen atoms in total. The van der Waals surface area contributed by atoms with Crippen molar-refractivity contribution in [1.82, 2.24) is 0 Å². The predicted octanol–water partition coefficient (Wildman–Crippen LogP) is -0.562. The molecule has 4 heavy (non-hydrogen) atoms. The smallest absolute Gasteiger partial charge is 0.281 e. The van der Waals surface area contributed by atoms with Crippen LogP contribution in [0.15, 0.2) is 0 Å². The highest BCUT2D eigenvalue weighted by Crippen LogP contribution is 1.65. The fourth-order valence-corrected chi connectivity index (χ4v) is 0.250. The van der Waals surface area contributed by atoms with Crippen LogP contribution in [0.1, 0.15) is 0 Å².